The second kappa shape index (κ2) is 5.48. The molecule has 2 heterocycles. The van der Waals surface area contributed by atoms with Crippen molar-refractivity contribution in [3.63, 3.8) is 0 Å². The van der Waals surface area contributed by atoms with Crippen LogP contribution in [0.2, 0.25) is 0 Å². The van der Waals surface area contributed by atoms with Crippen molar-refractivity contribution in [3.05, 3.63) is 0 Å². The van der Waals surface area contributed by atoms with Crippen LogP contribution in [0, 0.1) is 0 Å². The van der Waals surface area contributed by atoms with Crippen molar-refractivity contribution in [2.24, 2.45) is 0 Å². The lowest BCUT2D eigenvalue weighted by atomic mass is 9.84. The summed E-state index contributed by atoms with van der Waals surface area (Å²) in [4.78, 5) is 2.66. The third kappa shape index (κ3) is 2.73. The molecule has 0 aromatic rings. The molecule has 104 valence electrons. The third-order valence-corrected chi connectivity index (χ3v) is 5.33. The maximum atomic E-state index is 10.6. The lowest BCUT2D eigenvalue weighted by Gasteiger charge is -2.36. The van der Waals surface area contributed by atoms with Gasteiger partial charge in [-0.15, -0.1) is 0 Å². The first-order valence-electron chi connectivity index (χ1n) is 7.97. The van der Waals surface area contributed by atoms with E-state index < -0.39 is 5.60 Å². The minimum atomic E-state index is -0.402. The zero-order valence-electron chi connectivity index (χ0n) is 11.5. The second-order valence-electron chi connectivity index (χ2n) is 6.66. The first-order chi connectivity index (χ1) is 8.77. The Labute approximate surface area is 111 Å². The largest absolute Gasteiger partial charge is 0.389 e. The Morgan fingerprint density at radius 1 is 1.00 bits per heavy atom. The molecule has 0 amide bonds. The molecule has 2 N–H and O–H groups in total. The van der Waals surface area contributed by atoms with Crippen LogP contribution in [0.15, 0.2) is 0 Å². The average molecular weight is 252 g/mol. The highest BCUT2D eigenvalue weighted by Gasteiger charge is 2.37. The lowest BCUT2D eigenvalue weighted by Crippen LogP contribution is -2.50. The molecular weight excluding hydrogens is 224 g/mol. The van der Waals surface area contributed by atoms with Crippen molar-refractivity contribution in [2.45, 2.75) is 75.5 Å². The van der Waals surface area contributed by atoms with E-state index >= 15 is 0 Å². The molecule has 0 aromatic carbocycles. The van der Waals surface area contributed by atoms with Gasteiger partial charge in [-0.1, -0.05) is 25.7 Å². The van der Waals surface area contributed by atoms with E-state index in [1.807, 2.05) is 0 Å². The summed E-state index contributed by atoms with van der Waals surface area (Å²) < 4.78 is 0. The maximum absolute atomic E-state index is 10.6. The van der Waals surface area contributed by atoms with Crippen LogP contribution in [0.4, 0.5) is 0 Å². The highest BCUT2D eigenvalue weighted by atomic mass is 16.3. The van der Waals surface area contributed by atoms with Gasteiger partial charge in [0.05, 0.1) is 5.60 Å². The van der Waals surface area contributed by atoms with E-state index in [9.17, 15) is 5.11 Å². The van der Waals surface area contributed by atoms with Crippen LogP contribution >= 0.6 is 0 Å². The molecule has 3 fully saturated rings. The van der Waals surface area contributed by atoms with Gasteiger partial charge in [-0.25, -0.2) is 0 Å². The summed E-state index contributed by atoms with van der Waals surface area (Å²) in [6.45, 7) is 3.38. The van der Waals surface area contributed by atoms with Crippen molar-refractivity contribution in [1.82, 2.24) is 10.2 Å². The van der Waals surface area contributed by atoms with Gasteiger partial charge in [-0.2, -0.15) is 0 Å². The van der Waals surface area contributed by atoms with Crippen molar-refractivity contribution < 1.29 is 5.11 Å². The quantitative estimate of drug-likeness (QED) is 0.805. The highest BCUT2D eigenvalue weighted by Crippen LogP contribution is 2.30. The molecule has 3 heteroatoms. The zero-order chi connectivity index (χ0) is 12.4. The van der Waals surface area contributed by atoms with Gasteiger partial charge in [0.1, 0.15) is 0 Å². The van der Waals surface area contributed by atoms with Gasteiger partial charge in [0.25, 0.3) is 0 Å². The number of nitrogens with zero attached hydrogens (tertiary/aromatic N) is 1. The summed E-state index contributed by atoms with van der Waals surface area (Å²) in [7, 11) is 0. The summed E-state index contributed by atoms with van der Waals surface area (Å²) in [6, 6.07) is 1.39. The monoisotopic (exact) mass is 252 g/mol. The molecule has 2 atom stereocenters. The van der Waals surface area contributed by atoms with Crippen LogP contribution in [-0.4, -0.2) is 47.3 Å². The number of fused-ring (bicyclic) bond motifs is 1. The average Bonchev–Trinajstić information content (AvgIpc) is 2.81. The van der Waals surface area contributed by atoms with Gasteiger partial charge in [0, 0.05) is 25.2 Å². The Balaban J connectivity index is 1.50. The fraction of sp³-hybridized carbons (Fsp3) is 1.00. The zero-order valence-corrected chi connectivity index (χ0v) is 11.5. The van der Waals surface area contributed by atoms with Gasteiger partial charge in [0.15, 0.2) is 0 Å². The Bertz CT molecular complexity index is 276. The van der Waals surface area contributed by atoms with E-state index in [0.29, 0.717) is 6.04 Å². The molecule has 3 aliphatic rings. The third-order valence-electron chi connectivity index (χ3n) is 5.33. The minimum Gasteiger partial charge on any atom is -0.389 e. The molecule has 0 radical (unpaired) electrons. The first-order valence-corrected chi connectivity index (χ1v) is 7.97. The Hall–Kier alpha value is -0.120. The molecule has 0 bridgehead atoms. The van der Waals surface area contributed by atoms with Crippen LogP contribution in [0.3, 0.4) is 0 Å². The minimum absolute atomic E-state index is 0.402. The van der Waals surface area contributed by atoms with Crippen LogP contribution in [0.25, 0.3) is 0 Å². The van der Waals surface area contributed by atoms with Gasteiger partial charge in [-0.3, -0.25) is 4.90 Å². The maximum Gasteiger partial charge on any atom is 0.0771 e. The standard InChI is InChI=1S/C15H28N2O/c18-15(8-3-1-4-9-15)12-16-13-7-11-17-10-5-2-6-14(13)17/h13-14,16,18H,1-12H2. The van der Waals surface area contributed by atoms with Crippen molar-refractivity contribution in [3.8, 4) is 0 Å². The fourth-order valence-electron chi connectivity index (χ4n) is 4.19. The van der Waals surface area contributed by atoms with Crippen molar-refractivity contribution in [2.75, 3.05) is 19.6 Å². The smallest absolute Gasteiger partial charge is 0.0771 e. The van der Waals surface area contributed by atoms with E-state index in [2.05, 4.69) is 10.2 Å². The van der Waals surface area contributed by atoms with E-state index in [0.717, 1.165) is 25.4 Å². The molecule has 3 rings (SSSR count). The van der Waals surface area contributed by atoms with Crippen molar-refractivity contribution in [1.29, 1.82) is 0 Å². The first kappa shape index (κ1) is 12.9. The van der Waals surface area contributed by atoms with E-state index in [1.54, 1.807) is 0 Å². The summed E-state index contributed by atoms with van der Waals surface area (Å²) in [5.41, 5.74) is -0.402. The molecule has 2 aliphatic heterocycles. The molecule has 1 aliphatic carbocycles. The molecule has 2 saturated heterocycles. The molecule has 0 spiro atoms. The lowest BCUT2D eigenvalue weighted by molar-refractivity contribution is 0.00125. The predicted octanol–water partition coefficient (Wildman–Crippen LogP) is 1.90. The van der Waals surface area contributed by atoms with E-state index in [-0.39, 0.29) is 0 Å². The van der Waals surface area contributed by atoms with Crippen LogP contribution in [-0.2, 0) is 0 Å². The number of hydrogen-bond donors (Lipinski definition) is 2. The van der Waals surface area contributed by atoms with E-state index in [1.165, 1.54) is 58.0 Å². The molecule has 18 heavy (non-hydrogen) atoms. The number of rotatable bonds is 3. The van der Waals surface area contributed by atoms with Gasteiger partial charge >= 0.3 is 0 Å². The fourth-order valence-corrected chi connectivity index (χ4v) is 4.19. The highest BCUT2D eigenvalue weighted by molar-refractivity contribution is 4.96. The summed E-state index contributed by atoms with van der Waals surface area (Å²) >= 11 is 0. The Morgan fingerprint density at radius 3 is 2.67 bits per heavy atom. The van der Waals surface area contributed by atoms with Crippen LogP contribution < -0.4 is 5.32 Å². The molecule has 2 unspecified atom stereocenters. The molecule has 3 nitrogen and oxygen atoms in total. The Kier molecular flexibility index (Phi) is 3.92. The predicted molar refractivity (Wildman–Crippen MR) is 73.7 cm³/mol. The van der Waals surface area contributed by atoms with Crippen LogP contribution in [0.5, 0.6) is 0 Å². The number of hydrogen-bond acceptors (Lipinski definition) is 3. The number of aliphatic hydroxyl groups is 1. The molecule has 0 aromatic heterocycles. The van der Waals surface area contributed by atoms with Gasteiger partial charge < -0.3 is 10.4 Å². The second-order valence-corrected chi connectivity index (χ2v) is 6.66. The number of piperidine rings is 1. The SMILES string of the molecule is OC1(CNC2CCN3CCCCC23)CCCCC1. The molecular formula is C15H28N2O. The Morgan fingerprint density at radius 2 is 1.83 bits per heavy atom. The van der Waals surface area contributed by atoms with E-state index in [4.69, 9.17) is 0 Å². The normalized spacial score (nSPS) is 36.5. The summed E-state index contributed by atoms with van der Waals surface area (Å²) in [5.74, 6) is 0. The van der Waals surface area contributed by atoms with Gasteiger partial charge in [-0.05, 0) is 38.6 Å². The van der Waals surface area contributed by atoms with Crippen LogP contribution in [0.1, 0.15) is 57.8 Å². The molecule has 1 saturated carbocycles. The summed E-state index contributed by atoms with van der Waals surface area (Å²) in [6.07, 6.45) is 11.1. The number of nitrogens with one attached hydrogen (secondary N) is 1. The summed E-state index contributed by atoms with van der Waals surface area (Å²) in [5, 5.41) is 14.3. The van der Waals surface area contributed by atoms with Crippen molar-refractivity contribution >= 4 is 0 Å². The topological polar surface area (TPSA) is 35.5 Å². The van der Waals surface area contributed by atoms with Gasteiger partial charge in [0.2, 0.25) is 0 Å².